The van der Waals surface area contributed by atoms with Gasteiger partial charge in [0.1, 0.15) is 30.2 Å². The Bertz CT molecular complexity index is 829. The average molecular weight is 559 g/mol. The topological polar surface area (TPSA) is 172 Å². The molecule has 2 aliphatic rings. The van der Waals surface area contributed by atoms with Crippen molar-refractivity contribution in [2.75, 3.05) is 18.1 Å². The normalized spacial score (nSPS) is 29.0. The van der Waals surface area contributed by atoms with E-state index in [0.29, 0.717) is 50.2 Å². The summed E-state index contributed by atoms with van der Waals surface area (Å²) >= 11 is 0. The van der Waals surface area contributed by atoms with Gasteiger partial charge >= 0.3 is 0 Å². The average Bonchev–Trinajstić information content (AvgIpc) is 2.84. The Hall–Kier alpha value is -1.99. The number of amides is 5. The van der Waals surface area contributed by atoms with Gasteiger partial charge in [0, 0.05) is 11.5 Å². The summed E-state index contributed by atoms with van der Waals surface area (Å²) in [6.07, 6.45) is 2.59. The van der Waals surface area contributed by atoms with Crippen LogP contribution in [0.2, 0.25) is 0 Å². The number of fused-ring (bicyclic) bond motifs is 3. The first-order chi connectivity index (χ1) is 17.6. The zero-order valence-corrected chi connectivity index (χ0v) is 23.8. The fourth-order valence-electron chi connectivity index (χ4n) is 4.10. The summed E-state index contributed by atoms with van der Waals surface area (Å²) < 4.78 is 0. The Labute approximate surface area is 227 Å². The van der Waals surface area contributed by atoms with Crippen LogP contribution in [0.3, 0.4) is 0 Å². The number of nitrogens with one attached hydrogen (secondary N) is 5. The molecule has 0 aromatic heterocycles. The van der Waals surface area contributed by atoms with E-state index in [2.05, 4.69) is 26.6 Å². The number of rotatable bonds is 8. The van der Waals surface area contributed by atoms with Gasteiger partial charge in [-0.25, -0.2) is 0 Å². The summed E-state index contributed by atoms with van der Waals surface area (Å²) in [7, 11) is 2.80. The fraction of sp³-hybridized carbons (Fsp3) is 0.792. The van der Waals surface area contributed by atoms with Gasteiger partial charge < -0.3 is 32.3 Å². The molecule has 210 valence electrons. The van der Waals surface area contributed by atoms with Crippen molar-refractivity contribution in [2.24, 2.45) is 17.6 Å². The minimum Gasteiger partial charge on any atom is -0.343 e. The van der Waals surface area contributed by atoms with Crippen molar-refractivity contribution in [3.8, 4) is 0 Å². The second kappa shape index (κ2) is 15.4. The lowest BCUT2D eigenvalue weighted by Crippen LogP contribution is -2.60. The molecule has 2 heterocycles. The van der Waals surface area contributed by atoms with Crippen LogP contribution >= 0.6 is 21.6 Å². The highest BCUT2D eigenvalue weighted by molar-refractivity contribution is 8.76. The summed E-state index contributed by atoms with van der Waals surface area (Å²) in [5, 5.41) is 13.9. The second-order valence-corrected chi connectivity index (χ2v) is 12.7. The first-order valence-electron chi connectivity index (χ1n) is 13.0. The molecule has 2 rings (SSSR count). The standard InChI is InChI=1S/C24H42N6O5S2/c1-5-14(4)19-24(35)29-18-12-37-36-11-17(28-23(18)34)22(33)26-15(8-6-7-9-25)20(31)27-16(10-13(2)3)21(32)30-19/h13-19H,5-12,25H2,1-4H3,(H,26,33)(H,27,31)(H,28,34)(H,29,35)(H,30,32)/t14-,15-,16+,17+,18+,19-/m0/s1. The molecule has 0 spiro atoms. The summed E-state index contributed by atoms with van der Waals surface area (Å²) in [6, 6.07) is -4.43. The largest absolute Gasteiger partial charge is 0.343 e. The Balaban J connectivity index is 2.46. The lowest BCUT2D eigenvalue weighted by atomic mass is 9.96. The molecule has 0 radical (unpaired) electrons. The van der Waals surface area contributed by atoms with E-state index in [0.717, 1.165) is 0 Å². The number of unbranched alkanes of at least 4 members (excludes halogenated alkanes) is 1. The third-order valence-electron chi connectivity index (χ3n) is 6.53. The maximum atomic E-state index is 13.4. The van der Waals surface area contributed by atoms with Crippen molar-refractivity contribution in [1.29, 1.82) is 0 Å². The zero-order valence-electron chi connectivity index (χ0n) is 22.1. The zero-order chi connectivity index (χ0) is 27.5. The maximum absolute atomic E-state index is 13.4. The minimum atomic E-state index is -0.896. The molecule has 6 atom stereocenters. The molecule has 2 saturated heterocycles. The van der Waals surface area contributed by atoms with E-state index in [9.17, 15) is 24.0 Å². The van der Waals surface area contributed by atoms with E-state index in [4.69, 9.17) is 5.73 Å². The van der Waals surface area contributed by atoms with Crippen molar-refractivity contribution in [3.05, 3.63) is 0 Å². The Morgan fingerprint density at radius 2 is 1.30 bits per heavy atom. The predicted molar refractivity (Wildman–Crippen MR) is 146 cm³/mol. The van der Waals surface area contributed by atoms with Crippen LogP contribution in [0.1, 0.15) is 59.8 Å². The molecule has 2 fully saturated rings. The Morgan fingerprint density at radius 1 is 0.757 bits per heavy atom. The van der Waals surface area contributed by atoms with Crippen molar-refractivity contribution >= 4 is 51.1 Å². The van der Waals surface area contributed by atoms with Crippen LogP contribution in [0, 0.1) is 11.8 Å². The maximum Gasteiger partial charge on any atom is 0.244 e. The molecule has 11 nitrogen and oxygen atoms in total. The van der Waals surface area contributed by atoms with Gasteiger partial charge in [0.2, 0.25) is 29.5 Å². The van der Waals surface area contributed by atoms with E-state index in [1.54, 1.807) is 0 Å². The lowest BCUT2D eigenvalue weighted by Gasteiger charge is -2.29. The van der Waals surface area contributed by atoms with Crippen LogP contribution in [-0.4, -0.2) is 77.8 Å². The molecule has 0 saturated carbocycles. The van der Waals surface area contributed by atoms with Gasteiger partial charge in [-0.1, -0.05) is 55.7 Å². The summed E-state index contributed by atoms with van der Waals surface area (Å²) in [5.74, 6) is -1.90. The van der Waals surface area contributed by atoms with E-state index in [1.165, 1.54) is 21.6 Å². The number of hydrogen-bond acceptors (Lipinski definition) is 8. The SMILES string of the molecule is CC[C@H](C)[C@@H]1NC(=O)[C@@H](CC(C)C)NC(=O)[C@H](CCCCN)NC(=O)[C@H]2CSSC[C@@H](NC1=O)C(=O)N2. The molecule has 37 heavy (non-hydrogen) atoms. The van der Waals surface area contributed by atoms with Gasteiger partial charge in [0.25, 0.3) is 0 Å². The third kappa shape index (κ3) is 9.68. The van der Waals surface area contributed by atoms with Gasteiger partial charge in [0.05, 0.1) is 0 Å². The van der Waals surface area contributed by atoms with Crippen LogP contribution in [-0.2, 0) is 24.0 Å². The van der Waals surface area contributed by atoms with Crippen LogP contribution in [0.15, 0.2) is 0 Å². The number of hydrogen-bond donors (Lipinski definition) is 6. The lowest BCUT2D eigenvalue weighted by molar-refractivity contribution is -0.135. The smallest absolute Gasteiger partial charge is 0.244 e. The van der Waals surface area contributed by atoms with Gasteiger partial charge in [-0.15, -0.1) is 0 Å². The fourth-order valence-corrected chi connectivity index (χ4v) is 6.42. The molecule has 13 heteroatoms. The molecular weight excluding hydrogens is 516 g/mol. The number of carbonyl (C=O) groups is 5. The molecule has 5 amide bonds. The van der Waals surface area contributed by atoms with E-state index < -0.39 is 59.7 Å². The molecule has 2 aliphatic heterocycles. The highest BCUT2D eigenvalue weighted by atomic mass is 33.1. The Kier molecular flexibility index (Phi) is 13.0. The predicted octanol–water partition coefficient (Wildman–Crippen LogP) is 0.0402. The van der Waals surface area contributed by atoms with Crippen molar-refractivity contribution < 1.29 is 24.0 Å². The molecule has 7 N–H and O–H groups in total. The van der Waals surface area contributed by atoms with Gasteiger partial charge in [0.15, 0.2) is 0 Å². The van der Waals surface area contributed by atoms with Gasteiger partial charge in [-0.3, -0.25) is 24.0 Å². The van der Waals surface area contributed by atoms with Crippen LogP contribution in [0.25, 0.3) is 0 Å². The monoisotopic (exact) mass is 558 g/mol. The third-order valence-corrected chi connectivity index (χ3v) is 8.95. The van der Waals surface area contributed by atoms with Crippen LogP contribution in [0.4, 0.5) is 0 Å². The second-order valence-electron chi connectivity index (χ2n) is 10.1. The molecule has 0 aromatic rings. The van der Waals surface area contributed by atoms with Crippen molar-refractivity contribution in [2.45, 2.75) is 90.0 Å². The molecule has 0 aromatic carbocycles. The highest BCUT2D eigenvalue weighted by Crippen LogP contribution is 2.25. The number of nitrogens with two attached hydrogens (primary N) is 1. The Morgan fingerprint density at radius 3 is 1.86 bits per heavy atom. The first kappa shape index (κ1) is 31.2. The summed E-state index contributed by atoms with van der Waals surface area (Å²) in [6.45, 7) is 8.09. The summed E-state index contributed by atoms with van der Waals surface area (Å²) in [4.78, 5) is 66.2. The molecule has 2 bridgehead atoms. The van der Waals surface area contributed by atoms with Crippen molar-refractivity contribution in [3.63, 3.8) is 0 Å². The molecule has 0 aliphatic carbocycles. The molecule has 0 unspecified atom stereocenters. The van der Waals surface area contributed by atoms with Crippen molar-refractivity contribution in [1.82, 2.24) is 26.6 Å². The highest BCUT2D eigenvalue weighted by Gasteiger charge is 2.36. The van der Waals surface area contributed by atoms with Crippen LogP contribution in [0.5, 0.6) is 0 Å². The van der Waals surface area contributed by atoms with Crippen LogP contribution < -0.4 is 32.3 Å². The molecular formula is C24H42N6O5S2. The summed E-state index contributed by atoms with van der Waals surface area (Å²) in [5.41, 5.74) is 5.62. The number of carbonyl (C=O) groups excluding carboxylic acids is 5. The first-order valence-corrected chi connectivity index (χ1v) is 15.5. The van der Waals surface area contributed by atoms with E-state index >= 15 is 0 Å². The van der Waals surface area contributed by atoms with E-state index in [-0.39, 0.29) is 11.8 Å². The van der Waals surface area contributed by atoms with Gasteiger partial charge in [-0.05, 0) is 44.1 Å². The van der Waals surface area contributed by atoms with Gasteiger partial charge in [-0.2, -0.15) is 0 Å². The minimum absolute atomic E-state index is 0.0815. The van der Waals surface area contributed by atoms with E-state index in [1.807, 2.05) is 27.7 Å². The quantitative estimate of drug-likeness (QED) is 0.179.